The Labute approximate surface area is 114 Å². The van der Waals surface area contributed by atoms with E-state index in [4.69, 9.17) is 0 Å². The summed E-state index contributed by atoms with van der Waals surface area (Å²) in [6.45, 7) is 0. The van der Waals surface area contributed by atoms with Crippen LogP contribution in [0.3, 0.4) is 0 Å². The molecule has 0 bridgehead atoms. The molecule has 0 aromatic heterocycles. The van der Waals surface area contributed by atoms with E-state index in [-0.39, 0.29) is 5.92 Å². The molecule has 0 aliphatic heterocycles. The zero-order valence-corrected chi connectivity index (χ0v) is 11.0. The first-order valence-electron chi connectivity index (χ1n) is 7.00. The molecule has 1 heteroatoms. The first-order valence-corrected chi connectivity index (χ1v) is 7.00. The van der Waals surface area contributed by atoms with E-state index in [1.54, 1.807) is 0 Å². The van der Waals surface area contributed by atoms with E-state index in [1.807, 2.05) is 36.4 Å². The number of benzene rings is 2. The molecule has 1 aliphatic rings. The fourth-order valence-electron chi connectivity index (χ4n) is 2.96. The molecule has 0 heterocycles. The first-order chi connectivity index (χ1) is 9.34. The Hall–Kier alpha value is -1.89. The van der Waals surface area contributed by atoms with Gasteiger partial charge in [-0.25, -0.2) is 0 Å². The molecular formula is C18H18O. The van der Waals surface area contributed by atoms with Gasteiger partial charge in [-0.2, -0.15) is 0 Å². The molecule has 0 saturated carbocycles. The Kier molecular flexibility index (Phi) is 3.45. The smallest absolute Gasteiger partial charge is 0.166 e. The Morgan fingerprint density at radius 2 is 1.68 bits per heavy atom. The molecular weight excluding hydrogens is 232 g/mol. The van der Waals surface area contributed by atoms with Gasteiger partial charge in [0.1, 0.15) is 0 Å². The highest BCUT2D eigenvalue weighted by atomic mass is 16.1. The average Bonchev–Trinajstić information content (AvgIpc) is 2.61. The summed E-state index contributed by atoms with van der Waals surface area (Å²) in [4.78, 5) is 12.6. The Balaban J connectivity index is 1.86. The highest BCUT2D eigenvalue weighted by Gasteiger charge is 2.25. The minimum atomic E-state index is 0.144. The fourth-order valence-corrected chi connectivity index (χ4v) is 2.96. The maximum Gasteiger partial charge on any atom is 0.166 e. The fraction of sp³-hybridized carbons (Fsp3) is 0.278. The number of ketones is 1. The summed E-state index contributed by atoms with van der Waals surface area (Å²) in [5, 5.41) is 0. The second kappa shape index (κ2) is 5.40. The molecule has 19 heavy (non-hydrogen) atoms. The van der Waals surface area contributed by atoms with Gasteiger partial charge < -0.3 is 0 Å². The van der Waals surface area contributed by atoms with Crippen LogP contribution in [0.5, 0.6) is 0 Å². The van der Waals surface area contributed by atoms with Gasteiger partial charge in [0.2, 0.25) is 0 Å². The molecule has 3 rings (SSSR count). The van der Waals surface area contributed by atoms with Gasteiger partial charge in [0.25, 0.3) is 0 Å². The van der Waals surface area contributed by atoms with Crippen molar-refractivity contribution in [3.8, 4) is 0 Å². The standard InChI is InChI=1S/C18H18O/c19-18-16(13-14-7-2-1-3-8-14)11-6-10-15-9-4-5-12-17(15)18/h1-5,7-9,12,16H,6,10-11,13H2/t16-/m1/s1. The minimum absolute atomic E-state index is 0.144. The summed E-state index contributed by atoms with van der Waals surface area (Å²) in [5.41, 5.74) is 3.43. The lowest BCUT2D eigenvalue weighted by Crippen LogP contribution is -2.16. The monoisotopic (exact) mass is 250 g/mol. The Morgan fingerprint density at radius 1 is 0.947 bits per heavy atom. The number of hydrogen-bond donors (Lipinski definition) is 0. The molecule has 0 saturated heterocycles. The average molecular weight is 250 g/mol. The summed E-state index contributed by atoms with van der Waals surface area (Å²) in [6.07, 6.45) is 4.02. The Morgan fingerprint density at radius 3 is 2.53 bits per heavy atom. The lowest BCUT2D eigenvalue weighted by Gasteiger charge is -2.13. The summed E-state index contributed by atoms with van der Waals surface area (Å²) in [6, 6.07) is 18.4. The number of aryl methyl sites for hydroxylation is 1. The lowest BCUT2D eigenvalue weighted by atomic mass is 9.89. The molecule has 0 amide bonds. The van der Waals surface area contributed by atoms with Crippen molar-refractivity contribution in [1.29, 1.82) is 0 Å². The van der Waals surface area contributed by atoms with Crippen molar-refractivity contribution < 1.29 is 4.79 Å². The second-order valence-corrected chi connectivity index (χ2v) is 5.30. The molecule has 0 unspecified atom stereocenters. The highest BCUT2D eigenvalue weighted by Crippen LogP contribution is 2.26. The van der Waals surface area contributed by atoms with Crippen LogP contribution in [0.2, 0.25) is 0 Å². The molecule has 1 atom stereocenters. The van der Waals surface area contributed by atoms with Gasteiger partial charge >= 0.3 is 0 Å². The molecule has 0 radical (unpaired) electrons. The number of rotatable bonds is 2. The van der Waals surface area contributed by atoms with Gasteiger partial charge in [-0.05, 0) is 36.8 Å². The van der Waals surface area contributed by atoms with Crippen molar-refractivity contribution in [2.75, 3.05) is 0 Å². The van der Waals surface area contributed by atoms with Crippen LogP contribution in [-0.4, -0.2) is 5.78 Å². The zero-order chi connectivity index (χ0) is 13.1. The molecule has 1 nitrogen and oxygen atoms in total. The number of Topliss-reactive ketones (excluding diaryl/α,β-unsaturated/α-hetero) is 1. The van der Waals surface area contributed by atoms with E-state index in [2.05, 4.69) is 18.2 Å². The van der Waals surface area contributed by atoms with Crippen molar-refractivity contribution >= 4 is 5.78 Å². The topological polar surface area (TPSA) is 17.1 Å². The summed E-state index contributed by atoms with van der Waals surface area (Å²) in [5.74, 6) is 0.475. The van der Waals surface area contributed by atoms with Gasteiger partial charge in [0, 0.05) is 11.5 Å². The first kappa shape index (κ1) is 12.2. The van der Waals surface area contributed by atoms with Crippen LogP contribution < -0.4 is 0 Å². The van der Waals surface area contributed by atoms with E-state index < -0.39 is 0 Å². The maximum atomic E-state index is 12.6. The largest absolute Gasteiger partial charge is 0.294 e. The van der Waals surface area contributed by atoms with E-state index in [1.165, 1.54) is 11.1 Å². The third-order valence-corrected chi connectivity index (χ3v) is 3.98. The molecule has 0 spiro atoms. The van der Waals surface area contributed by atoms with E-state index >= 15 is 0 Å². The normalized spacial score (nSPS) is 18.7. The van der Waals surface area contributed by atoms with Crippen LogP contribution in [0.25, 0.3) is 0 Å². The quantitative estimate of drug-likeness (QED) is 0.734. The van der Waals surface area contributed by atoms with Gasteiger partial charge in [-0.3, -0.25) is 4.79 Å². The van der Waals surface area contributed by atoms with Crippen molar-refractivity contribution in [1.82, 2.24) is 0 Å². The molecule has 0 N–H and O–H groups in total. The van der Waals surface area contributed by atoms with Gasteiger partial charge in [-0.1, -0.05) is 54.6 Å². The number of fused-ring (bicyclic) bond motifs is 1. The van der Waals surface area contributed by atoms with Crippen molar-refractivity contribution in [3.63, 3.8) is 0 Å². The predicted octanol–water partition coefficient (Wildman–Crippen LogP) is 4.06. The van der Waals surface area contributed by atoms with E-state index in [9.17, 15) is 4.79 Å². The molecule has 2 aromatic rings. The summed E-state index contributed by atoms with van der Waals surface area (Å²) in [7, 11) is 0. The van der Waals surface area contributed by atoms with Crippen LogP contribution in [0.4, 0.5) is 0 Å². The summed E-state index contributed by atoms with van der Waals surface area (Å²) < 4.78 is 0. The highest BCUT2D eigenvalue weighted by molar-refractivity contribution is 5.99. The maximum absolute atomic E-state index is 12.6. The van der Waals surface area contributed by atoms with Crippen molar-refractivity contribution in [2.24, 2.45) is 5.92 Å². The molecule has 96 valence electrons. The van der Waals surface area contributed by atoms with Crippen LogP contribution in [0.1, 0.15) is 34.3 Å². The lowest BCUT2D eigenvalue weighted by molar-refractivity contribution is 0.0915. The minimum Gasteiger partial charge on any atom is -0.294 e. The summed E-state index contributed by atoms with van der Waals surface area (Å²) >= 11 is 0. The van der Waals surface area contributed by atoms with Crippen molar-refractivity contribution in [2.45, 2.75) is 25.7 Å². The second-order valence-electron chi connectivity index (χ2n) is 5.30. The number of carbonyl (C=O) groups is 1. The van der Waals surface area contributed by atoms with E-state index in [0.717, 1.165) is 31.2 Å². The van der Waals surface area contributed by atoms with Gasteiger partial charge in [0.05, 0.1) is 0 Å². The van der Waals surface area contributed by atoms with Gasteiger partial charge in [-0.15, -0.1) is 0 Å². The van der Waals surface area contributed by atoms with Gasteiger partial charge in [0.15, 0.2) is 5.78 Å². The number of hydrogen-bond acceptors (Lipinski definition) is 1. The molecule has 0 fully saturated rings. The van der Waals surface area contributed by atoms with Crippen LogP contribution >= 0.6 is 0 Å². The van der Waals surface area contributed by atoms with Crippen LogP contribution in [0.15, 0.2) is 54.6 Å². The predicted molar refractivity (Wildman–Crippen MR) is 77.3 cm³/mol. The third kappa shape index (κ3) is 2.60. The van der Waals surface area contributed by atoms with Crippen LogP contribution in [-0.2, 0) is 12.8 Å². The molecule has 2 aromatic carbocycles. The third-order valence-electron chi connectivity index (χ3n) is 3.98. The SMILES string of the molecule is O=C1c2ccccc2CCC[C@@H]1Cc1ccccc1. The zero-order valence-electron chi connectivity index (χ0n) is 11.0. The number of carbonyl (C=O) groups excluding carboxylic acids is 1. The van der Waals surface area contributed by atoms with Crippen molar-refractivity contribution in [3.05, 3.63) is 71.3 Å². The molecule has 1 aliphatic carbocycles. The Bertz CT molecular complexity index is 571. The van der Waals surface area contributed by atoms with E-state index in [0.29, 0.717) is 5.78 Å². The van der Waals surface area contributed by atoms with Crippen LogP contribution in [0, 0.1) is 5.92 Å².